The first-order chi connectivity index (χ1) is 4.36. The molecule has 48 valence electrons. The number of allylic oxidation sites excluding steroid dienone is 2. The molecular formula is C9H12. The highest BCUT2D eigenvalue weighted by atomic mass is 14.7. The van der Waals surface area contributed by atoms with E-state index in [4.69, 9.17) is 0 Å². The van der Waals surface area contributed by atoms with Crippen LogP contribution in [0.25, 0.3) is 0 Å². The summed E-state index contributed by atoms with van der Waals surface area (Å²) < 4.78 is 0. The minimum absolute atomic E-state index is 0.838. The topological polar surface area (TPSA) is 0 Å². The van der Waals surface area contributed by atoms with Gasteiger partial charge in [0.2, 0.25) is 0 Å². The van der Waals surface area contributed by atoms with E-state index in [1.165, 1.54) is 25.7 Å². The third-order valence-corrected chi connectivity index (χ3v) is 3.88. The zero-order valence-corrected chi connectivity index (χ0v) is 5.91. The Kier molecular flexibility index (Phi) is 0.505. The first-order valence-electron chi connectivity index (χ1n) is 4.06. The normalized spacial score (nSPS) is 51.0. The van der Waals surface area contributed by atoms with Gasteiger partial charge in [0.05, 0.1) is 0 Å². The van der Waals surface area contributed by atoms with Gasteiger partial charge >= 0.3 is 0 Å². The summed E-state index contributed by atoms with van der Waals surface area (Å²) in [5.41, 5.74) is 4.56. The van der Waals surface area contributed by atoms with Crippen LogP contribution in [0.15, 0.2) is 11.1 Å². The van der Waals surface area contributed by atoms with Crippen molar-refractivity contribution in [2.24, 2.45) is 11.3 Å². The highest BCUT2D eigenvalue weighted by Gasteiger charge is 2.61. The Hall–Kier alpha value is -0.260. The SMILES string of the molecule is CCC12CC3=C(C1)C2C3. The van der Waals surface area contributed by atoms with E-state index in [9.17, 15) is 0 Å². The smallest absolute Gasteiger partial charge is 0.0100 e. The van der Waals surface area contributed by atoms with E-state index < -0.39 is 0 Å². The van der Waals surface area contributed by atoms with Gasteiger partial charge in [-0.25, -0.2) is 0 Å². The maximum atomic E-state index is 2.36. The van der Waals surface area contributed by atoms with Crippen LogP contribution in [-0.4, -0.2) is 0 Å². The molecule has 5 aliphatic rings. The predicted octanol–water partition coefficient (Wildman–Crippen LogP) is 2.51. The van der Waals surface area contributed by atoms with E-state index in [1.807, 2.05) is 11.1 Å². The Balaban J connectivity index is 2.08. The van der Waals surface area contributed by atoms with Gasteiger partial charge in [0.15, 0.2) is 0 Å². The molecule has 2 atom stereocenters. The van der Waals surface area contributed by atoms with E-state index >= 15 is 0 Å². The van der Waals surface area contributed by atoms with Crippen molar-refractivity contribution in [3.8, 4) is 0 Å². The average Bonchev–Trinajstić information content (AvgIpc) is 2.42. The van der Waals surface area contributed by atoms with E-state index in [0.717, 1.165) is 11.3 Å². The van der Waals surface area contributed by atoms with Crippen molar-refractivity contribution in [2.75, 3.05) is 0 Å². The van der Waals surface area contributed by atoms with Gasteiger partial charge in [-0.15, -0.1) is 0 Å². The summed E-state index contributed by atoms with van der Waals surface area (Å²) >= 11 is 0. The lowest BCUT2D eigenvalue weighted by Gasteiger charge is -2.47. The van der Waals surface area contributed by atoms with Crippen molar-refractivity contribution >= 4 is 0 Å². The fourth-order valence-electron chi connectivity index (χ4n) is 3.11. The van der Waals surface area contributed by atoms with Crippen LogP contribution in [0.2, 0.25) is 0 Å². The quantitative estimate of drug-likeness (QED) is 0.466. The van der Waals surface area contributed by atoms with E-state index in [2.05, 4.69) is 6.92 Å². The molecule has 2 saturated carbocycles. The molecule has 0 aliphatic heterocycles. The number of hydrogen-bond acceptors (Lipinski definition) is 0. The molecule has 4 bridgehead atoms. The number of hydrogen-bond donors (Lipinski definition) is 0. The maximum absolute atomic E-state index is 2.36. The van der Waals surface area contributed by atoms with Gasteiger partial charge < -0.3 is 0 Å². The van der Waals surface area contributed by atoms with Crippen molar-refractivity contribution in [1.29, 1.82) is 0 Å². The molecule has 0 radical (unpaired) electrons. The highest BCUT2D eigenvalue weighted by Crippen LogP contribution is 2.73. The summed E-state index contributed by atoms with van der Waals surface area (Å²) in [5, 5.41) is 0. The largest absolute Gasteiger partial charge is 0.0695 e. The van der Waals surface area contributed by atoms with Crippen molar-refractivity contribution in [1.82, 2.24) is 0 Å². The molecule has 0 N–H and O–H groups in total. The molecule has 2 unspecified atom stereocenters. The second kappa shape index (κ2) is 1.00. The molecule has 0 aromatic rings. The lowest BCUT2D eigenvalue weighted by molar-refractivity contribution is 0.142. The first-order valence-corrected chi connectivity index (χ1v) is 4.06. The molecule has 0 saturated heterocycles. The van der Waals surface area contributed by atoms with E-state index in [0.29, 0.717) is 0 Å². The monoisotopic (exact) mass is 120 g/mol. The Morgan fingerprint density at radius 2 is 2.44 bits per heavy atom. The summed E-state index contributed by atoms with van der Waals surface area (Å²) in [7, 11) is 0. The second-order valence-corrected chi connectivity index (χ2v) is 3.95. The third-order valence-electron chi connectivity index (χ3n) is 3.88. The van der Waals surface area contributed by atoms with Crippen LogP contribution in [0.4, 0.5) is 0 Å². The van der Waals surface area contributed by atoms with Crippen molar-refractivity contribution in [3.63, 3.8) is 0 Å². The Morgan fingerprint density at radius 3 is 2.67 bits per heavy atom. The zero-order chi connectivity index (χ0) is 6.06. The van der Waals surface area contributed by atoms with Gasteiger partial charge in [0, 0.05) is 0 Å². The van der Waals surface area contributed by atoms with Crippen LogP contribution in [-0.2, 0) is 0 Å². The molecule has 0 nitrogen and oxygen atoms in total. The molecule has 0 aromatic heterocycles. The zero-order valence-electron chi connectivity index (χ0n) is 5.91. The molecule has 0 spiro atoms. The van der Waals surface area contributed by atoms with E-state index in [1.54, 1.807) is 0 Å². The van der Waals surface area contributed by atoms with Crippen molar-refractivity contribution in [2.45, 2.75) is 32.6 Å². The van der Waals surface area contributed by atoms with Gasteiger partial charge in [0.1, 0.15) is 0 Å². The van der Waals surface area contributed by atoms with Crippen LogP contribution in [0.5, 0.6) is 0 Å². The lowest BCUT2D eigenvalue weighted by Crippen LogP contribution is -2.37. The fraction of sp³-hybridized carbons (Fsp3) is 0.778. The number of rotatable bonds is 1. The van der Waals surface area contributed by atoms with Crippen LogP contribution in [0.3, 0.4) is 0 Å². The predicted molar refractivity (Wildman–Crippen MR) is 37.1 cm³/mol. The van der Waals surface area contributed by atoms with E-state index in [-0.39, 0.29) is 0 Å². The fourth-order valence-corrected chi connectivity index (χ4v) is 3.11. The van der Waals surface area contributed by atoms with Crippen LogP contribution in [0.1, 0.15) is 32.6 Å². The summed E-state index contributed by atoms with van der Waals surface area (Å²) in [4.78, 5) is 0. The molecule has 9 heavy (non-hydrogen) atoms. The summed E-state index contributed by atoms with van der Waals surface area (Å²) in [6.07, 6.45) is 5.90. The molecule has 0 heteroatoms. The van der Waals surface area contributed by atoms with Crippen LogP contribution in [0, 0.1) is 11.3 Å². The lowest BCUT2D eigenvalue weighted by atomic mass is 9.57. The Bertz CT molecular complexity index is 212. The van der Waals surface area contributed by atoms with Crippen LogP contribution < -0.4 is 0 Å². The minimum atomic E-state index is 0.838. The van der Waals surface area contributed by atoms with Crippen molar-refractivity contribution in [3.05, 3.63) is 11.1 Å². The standard InChI is InChI=1S/C9H12/c1-2-9-4-6-3-8(9)7(6)5-9/h8H,2-5H2,1H3. The summed E-state index contributed by atoms with van der Waals surface area (Å²) in [5.74, 6) is 1.09. The highest BCUT2D eigenvalue weighted by molar-refractivity contribution is 5.48. The minimum Gasteiger partial charge on any atom is -0.0695 e. The molecule has 5 aliphatic carbocycles. The van der Waals surface area contributed by atoms with Gasteiger partial charge in [-0.05, 0) is 37.0 Å². The Morgan fingerprint density at radius 1 is 1.56 bits per heavy atom. The van der Waals surface area contributed by atoms with Gasteiger partial charge in [-0.3, -0.25) is 0 Å². The van der Waals surface area contributed by atoms with Gasteiger partial charge in [0.25, 0.3) is 0 Å². The van der Waals surface area contributed by atoms with Gasteiger partial charge in [-0.1, -0.05) is 18.1 Å². The second-order valence-electron chi connectivity index (χ2n) is 3.95. The van der Waals surface area contributed by atoms with Crippen molar-refractivity contribution < 1.29 is 0 Å². The maximum Gasteiger partial charge on any atom is -0.0100 e. The first kappa shape index (κ1) is 4.54. The molecular weight excluding hydrogens is 108 g/mol. The average molecular weight is 120 g/mol. The molecule has 5 rings (SSSR count). The third kappa shape index (κ3) is 0.270. The molecule has 0 amide bonds. The Labute approximate surface area is 56.0 Å². The molecule has 2 fully saturated rings. The molecule has 0 aromatic carbocycles. The van der Waals surface area contributed by atoms with Crippen LogP contribution >= 0.6 is 0 Å². The summed E-state index contributed by atoms with van der Waals surface area (Å²) in [6, 6.07) is 0. The van der Waals surface area contributed by atoms with Gasteiger partial charge in [-0.2, -0.15) is 0 Å². The molecule has 0 heterocycles. The summed E-state index contributed by atoms with van der Waals surface area (Å²) in [6.45, 7) is 2.36.